The Balaban J connectivity index is 2.60. The highest BCUT2D eigenvalue weighted by Gasteiger charge is 2.35. The fourth-order valence-corrected chi connectivity index (χ4v) is 2.71. The second-order valence-corrected chi connectivity index (χ2v) is 6.18. The molecule has 1 fully saturated rings. The van der Waals surface area contributed by atoms with E-state index >= 15 is 0 Å². The molecule has 1 aliphatic rings. The van der Waals surface area contributed by atoms with Crippen molar-refractivity contribution >= 4 is 5.97 Å². The van der Waals surface area contributed by atoms with E-state index in [0.29, 0.717) is 18.4 Å². The fourth-order valence-electron chi connectivity index (χ4n) is 2.71. The predicted molar refractivity (Wildman–Crippen MR) is 73.7 cm³/mol. The van der Waals surface area contributed by atoms with Gasteiger partial charge >= 0.3 is 5.97 Å². The number of hydrogen-bond acceptors (Lipinski definition) is 3. The zero-order chi connectivity index (χ0) is 13.9. The molecule has 4 nitrogen and oxygen atoms in total. The maximum absolute atomic E-state index is 11.3. The second-order valence-electron chi connectivity index (χ2n) is 6.18. The van der Waals surface area contributed by atoms with Crippen LogP contribution in [0.4, 0.5) is 0 Å². The molecule has 4 unspecified atom stereocenters. The van der Waals surface area contributed by atoms with Crippen LogP contribution in [0.5, 0.6) is 0 Å². The van der Waals surface area contributed by atoms with E-state index in [1.165, 1.54) is 6.42 Å². The van der Waals surface area contributed by atoms with Gasteiger partial charge in [0.25, 0.3) is 0 Å². The lowest BCUT2D eigenvalue weighted by Gasteiger charge is -2.41. The van der Waals surface area contributed by atoms with Gasteiger partial charge in [0.2, 0.25) is 0 Å². The van der Waals surface area contributed by atoms with E-state index in [-0.39, 0.29) is 0 Å². The van der Waals surface area contributed by atoms with Crippen molar-refractivity contribution in [3.63, 3.8) is 0 Å². The largest absolute Gasteiger partial charge is 0.480 e. The van der Waals surface area contributed by atoms with Crippen LogP contribution in [0.1, 0.15) is 40.5 Å². The van der Waals surface area contributed by atoms with Crippen LogP contribution in [0.15, 0.2) is 0 Å². The van der Waals surface area contributed by atoms with Gasteiger partial charge in [0.1, 0.15) is 5.54 Å². The Kier molecular flexibility index (Phi) is 5.17. The quantitative estimate of drug-likeness (QED) is 0.787. The molecule has 0 amide bonds. The molecule has 18 heavy (non-hydrogen) atoms. The minimum atomic E-state index is -0.828. The van der Waals surface area contributed by atoms with Crippen molar-refractivity contribution in [3.8, 4) is 0 Å². The van der Waals surface area contributed by atoms with Gasteiger partial charge in [-0.1, -0.05) is 13.8 Å². The molecule has 0 spiro atoms. The van der Waals surface area contributed by atoms with Crippen molar-refractivity contribution in [1.82, 2.24) is 10.2 Å². The zero-order valence-corrected chi connectivity index (χ0v) is 12.4. The first-order valence-corrected chi connectivity index (χ1v) is 6.96. The summed E-state index contributed by atoms with van der Waals surface area (Å²) in [6, 6.07) is 0.300. The molecule has 0 aromatic rings. The predicted octanol–water partition coefficient (Wildman–Crippen LogP) is 1.81. The molecule has 0 aromatic carbocycles. The van der Waals surface area contributed by atoms with E-state index in [0.717, 1.165) is 19.0 Å². The Labute approximate surface area is 111 Å². The minimum absolute atomic E-state index is 0.300. The van der Waals surface area contributed by atoms with E-state index in [1.807, 2.05) is 0 Å². The first-order valence-electron chi connectivity index (χ1n) is 6.96. The van der Waals surface area contributed by atoms with Crippen molar-refractivity contribution in [2.24, 2.45) is 11.8 Å². The molecule has 106 valence electrons. The Morgan fingerprint density at radius 1 is 1.50 bits per heavy atom. The van der Waals surface area contributed by atoms with Gasteiger partial charge in [-0.15, -0.1) is 0 Å². The summed E-state index contributed by atoms with van der Waals surface area (Å²) in [5.74, 6) is 0.714. The lowest BCUT2D eigenvalue weighted by molar-refractivity contribution is -0.144. The number of carbonyl (C=O) groups is 1. The number of likely N-dealkylation sites (tertiary alicyclic amines) is 1. The Hall–Kier alpha value is -0.610. The SMILES string of the molecule is CNC(C)(CC(C)N1CCC(C)C(C)C1)C(=O)O. The third-order valence-electron chi connectivity index (χ3n) is 4.72. The smallest absolute Gasteiger partial charge is 0.323 e. The Morgan fingerprint density at radius 2 is 2.11 bits per heavy atom. The van der Waals surface area contributed by atoms with Gasteiger partial charge in [0, 0.05) is 12.6 Å². The molecule has 4 atom stereocenters. The minimum Gasteiger partial charge on any atom is -0.480 e. The number of hydrogen-bond donors (Lipinski definition) is 2. The summed E-state index contributed by atoms with van der Waals surface area (Å²) in [4.78, 5) is 13.7. The number of carboxylic acids is 1. The highest BCUT2D eigenvalue weighted by molar-refractivity contribution is 5.78. The molecule has 0 aromatic heterocycles. The van der Waals surface area contributed by atoms with E-state index in [2.05, 4.69) is 31.0 Å². The molecule has 0 bridgehead atoms. The number of nitrogens with one attached hydrogen (secondary N) is 1. The fraction of sp³-hybridized carbons (Fsp3) is 0.929. The summed E-state index contributed by atoms with van der Waals surface area (Å²) in [5, 5.41) is 12.2. The lowest BCUT2D eigenvalue weighted by atomic mass is 9.86. The Morgan fingerprint density at radius 3 is 2.56 bits per heavy atom. The lowest BCUT2D eigenvalue weighted by Crippen LogP contribution is -2.53. The molecule has 1 saturated heterocycles. The highest BCUT2D eigenvalue weighted by Crippen LogP contribution is 2.26. The first kappa shape index (κ1) is 15.4. The normalized spacial score (nSPS) is 30.7. The van der Waals surface area contributed by atoms with Gasteiger partial charge < -0.3 is 15.3 Å². The maximum atomic E-state index is 11.3. The van der Waals surface area contributed by atoms with Crippen molar-refractivity contribution in [1.29, 1.82) is 0 Å². The number of carboxylic acid groups (broad SMARTS) is 1. The summed E-state index contributed by atoms with van der Waals surface area (Å²) >= 11 is 0. The van der Waals surface area contributed by atoms with Gasteiger partial charge in [-0.25, -0.2) is 0 Å². The van der Waals surface area contributed by atoms with Crippen LogP contribution in [0, 0.1) is 11.8 Å². The molecule has 0 saturated carbocycles. The van der Waals surface area contributed by atoms with Crippen LogP contribution >= 0.6 is 0 Å². The molecule has 0 radical (unpaired) electrons. The topological polar surface area (TPSA) is 52.6 Å². The molecule has 0 aliphatic carbocycles. The van der Waals surface area contributed by atoms with Gasteiger partial charge in [-0.3, -0.25) is 4.79 Å². The van der Waals surface area contributed by atoms with Crippen LogP contribution in [-0.2, 0) is 4.79 Å². The van der Waals surface area contributed by atoms with E-state index in [4.69, 9.17) is 0 Å². The molecular formula is C14H28N2O2. The summed E-state index contributed by atoms with van der Waals surface area (Å²) in [5.41, 5.74) is -0.828. The average Bonchev–Trinajstić information content (AvgIpc) is 2.32. The van der Waals surface area contributed by atoms with E-state index in [1.54, 1.807) is 14.0 Å². The van der Waals surface area contributed by atoms with Gasteiger partial charge in [0.15, 0.2) is 0 Å². The molecule has 1 heterocycles. The number of aliphatic carboxylic acids is 1. The molecule has 1 aliphatic heterocycles. The average molecular weight is 256 g/mol. The van der Waals surface area contributed by atoms with Crippen LogP contribution in [0.25, 0.3) is 0 Å². The highest BCUT2D eigenvalue weighted by atomic mass is 16.4. The van der Waals surface area contributed by atoms with Gasteiger partial charge in [0.05, 0.1) is 0 Å². The molecule has 4 heteroatoms. The van der Waals surface area contributed by atoms with Gasteiger partial charge in [-0.05, 0) is 52.1 Å². The van der Waals surface area contributed by atoms with Crippen LogP contribution < -0.4 is 5.32 Å². The van der Waals surface area contributed by atoms with Crippen molar-refractivity contribution in [2.45, 2.75) is 52.1 Å². The van der Waals surface area contributed by atoms with Gasteiger partial charge in [-0.2, -0.15) is 0 Å². The maximum Gasteiger partial charge on any atom is 0.323 e. The molecule has 2 N–H and O–H groups in total. The number of piperidine rings is 1. The number of rotatable bonds is 5. The summed E-state index contributed by atoms with van der Waals surface area (Å²) in [7, 11) is 1.72. The second kappa shape index (κ2) is 6.02. The zero-order valence-electron chi connectivity index (χ0n) is 12.4. The van der Waals surface area contributed by atoms with Crippen LogP contribution in [0.3, 0.4) is 0 Å². The first-order chi connectivity index (χ1) is 8.30. The molecular weight excluding hydrogens is 228 g/mol. The van der Waals surface area contributed by atoms with Crippen LogP contribution in [0.2, 0.25) is 0 Å². The number of nitrogens with zero attached hydrogens (tertiary/aromatic N) is 1. The van der Waals surface area contributed by atoms with E-state index < -0.39 is 11.5 Å². The summed E-state index contributed by atoms with van der Waals surface area (Å²) < 4.78 is 0. The van der Waals surface area contributed by atoms with Crippen molar-refractivity contribution < 1.29 is 9.90 Å². The monoisotopic (exact) mass is 256 g/mol. The standard InChI is InChI=1S/C14H28N2O2/c1-10-6-7-16(9-11(10)2)12(3)8-14(4,15-5)13(17)18/h10-12,15H,6-9H2,1-5H3,(H,17,18). The van der Waals surface area contributed by atoms with Crippen molar-refractivity contribution in [2.75, 3.05) is 20.1 Å². The van der Waals surface area contributed by atoms with Crippen molar-refractivity contribution in [3.05, 3.63) is 0 Å². The van der Waals surface area contributed by atoms with Crippen LogP contribution in [-0.4, -0.2) is 47.7 Å². The van der Waals surface area contributed by atoms with E-state index in [9.17, 15) is 9.90 Å². The third-order valence-corrected chi connectivity index (χ3v) is 4.72. The summed E-state index contributed by atoms with van der Waals surface area (Å²) in [6.45, 7) is 10.7. The third kappa shape index (κ3) is 3.45. The number of likely N-dealkylation sites (N-methyl/N-ethyl adjacent to an activating group) is 1. The Bertz CT molecular complexity index is 296. The summed E-state index contributed by atoms with van der Waals surface area (Å²) in [6.07, 6.45) is 1.86. The molecule has 1 rings (SSSR count).